The first-order valence-electron chi connectivity index (χ1n) is 5.96. The topological polar surface area (TPSA) is 77.2 Å². The van der Waals surface area contributed by atoms with Crippen LogP contribution >= 0.6 is 11.6 Å². The fraction of sp³-hybridized carbons (Fsp3) is 0.143. The molecule has 3 N–H and O–H groups in total. The largest absolute Gasteiger partial charge is 0.487 e. The Kier molecular flexibility index (Phi) is 4.55. The van der Waals surface area contributed by atoms with Crippen molar-refractivity contribution in [1.29, 1.82) is 0 Å². The van der Waals surface area contributed by atoms with Crippen molar-refractivity contribution < 1.29 is 9.53 Å². The minimum Gasteiger partial charge on any atom is -0.487 e. The van der Waals surface area contributed by atoms with Crippen molar-refractivity contribution in [3.05, 3.63) is 58.4 Å². The highest BCUT2D eigenvalue weighted by atomic mass is 35.5. The van der Waals surface area contributed by atoms with Crippen molar-refractivity contribution >= 4 is 17.5 Å². The maximum atomic E-state index is 11.4. The molecule has 0 spiro atoms. The highest BCUT2D eigenvalue weighted by Gasteiger charge is 2.06. The summed E-state index contributed by atoms with van der Waals surface area (Å²) in [6.45, 7) is 2.16. The van der Waals surface area contributed by atoms with E-state index in [1.165, 1.54) is 0 Å². The average Bonchev–Trinajstić information content (AvgIpc) is 2.48. The lowest BCUT2D eigenvalue weighted by Gasteiger charge is -2.08. The molecule has 0 atom stereocenters. The van der Waals surface area contributed by atoms with Crippen LogP contribution in [-0.4, -0.2) is 10.9 Å². The molecule has 6 heteroatoms. The van der Waals surface area contributed by atoms with Crippen LogP contribution in [0.2, 0.25) is 5.02 Å². The monoisotopic (exact) mass is 291 g/mol. The van der Waals surface area contributed by atoms with Gasteiger partial charge in [0.25, 0.3) is 5.91 Å². The summed E-state index contributed by atoms with van der Waals surface area (Å²) in [6, 6.07) is 10.5. The Balaban J connectivity index is 2.07. The van der Waals surface area contributed by atoms with E-state index in [0.717, 1.165) is 5.56 Å². The number of carbonyl (C=O) groups is 1. The van der Waals surface area contributed by atoms with E-state index in [2.05, 4.69) is 4.98 Å². The van der Waals surface area contributed by atoms with Gasteiger partial charge in [0.05, 0.1) is 5.69 Å². The van der Waals surface area contributed by atoms with Crippen molar-refractivity contribution in [2.75, 3.05) is 0 Å². The molecule has 20 heavy (non-hydrogen) atoms. The summed E-state index contributed by atoms with van der Waals surface area (Å²) in [5.74, 6) is 5.33. The molecule has 104 valence electrons. The van der Waals surface area contributed by atoms with E-state index in [-0.39, 0.29) is 12.3 Å². The quantitative estimate of drug-likeness (QED) is 0.514. The van der Waals surface area contributed by atoms with Crippen LogP contribution in [0.15, 0.2) is 36.4 Å². The number of ether oxygens (including phenoxy) is 1. The van der Waals surface area contributed by atoms with Crippen molar-refractivity contribution in [1.82, 2.24) is 10.4 Å². The predicted molar refractivity (Wildman–Crippen MR) is 76.4 cm³/mol. The summed E-state index contributed by atoms with van der Waals surface area (Å²) in [6.07, 6.45) is 0. The number of nitrogens with zero attached hydrogens (tertiary/aromatic N) is 1. The summed E-state index contributed by atoms with van der Waals surface area (Å²) in [4.78, 5) is 15.5. The summed E-state index contributed by atoms with van der Waals surface area (Å²) in [5.41, 5.74) is 3.87. The van der Waals surface area contributed by atoms with Gasteiger partial charge in [-0.25, -0.2) is 10.8 Å². The second kappa shape index (κ2) is 6.36. The van der Waals surface area contributed by atoms with Crippen molar-refractivity contribution in [2.24, 2.45) is 5.84 Å². The molecule has 0 radical (unpaired) electrons. The standard InChI is InChI=1S/C14H14ClN3O2/c1-9-7-11(5-6-12(9)15)20-8-10-3-2-4-13(17-10)14(19)18-16/h2-7H,8,16H2,1H3,(H,18,19). The van der Waals surface area contributed by atoms with Crippen molar-refractivity contribution in [3.63, 3.8) is 0 Å². The van der Waals surface area contributed by atoms with E-state index < -0.39 is 5.91 Å². The lowest BCUT2D eigenvalue weighted by atomic mass is 10.2. The summed E-state index contributed by atoms with van der Waals surface area (Å²) < 4.78 is 5.61. The van der Waals surface area contributed by atoms with E-state index in [4.69, 9.17) is 22.2 Å². The van der Waals surface area contributed by atoms with Crippen LogP contribution in [0.25, 0.3) is 0 Å². The van der Waals surface area contributed by atoms with Crippen LogP contribution < -0.4 is 16.0 Å². The third-order valence-corrected chi connectivity index (χ3v) is 3.11. The Hall–Kier alpha value is -2.11. The Morgan fingerprint density at radius 1 is 1.40 bits per heavy atom. The lowest BCUT2D eigenvalue weighted by molar-refractivity contribution is 0.0948. The minimum absolute atomic E-state index is 0.251. The smallest absolute Gasteiger partial charge is 0.283 e. The first-order chi connectivity index (χ1) is 9.60. The number of pyridine rings is 1. The number of nitrogens with one attached hydrogen (secondary N) is 1. The number of halogens is 1. The highest BCUT2D eigenvalue weighted by molar-refractivity contribution is 6.31. The number of hydrogen-bond acceptors (Lipinski definition) is 4. The number of hydrazine groups is 1. The first kappa shape index (κ1) is 14.3. The third-order valence-electron chi connectivity index (χ3n) is 2.69. The number of hydrogen-bond donors (Lipinski definition) is 2. The molecule has 1 heterocycles. The van der Waals surface area contributed by atoms with Gasteiger partial charge in [-0.1, -0.05) is 17.7 Å². The van der Waals surface area contributed by atoms with Crippen LogP contribution in [0.3, 0.4) is 0 Å². The van der Waals surface area contributed by atoms with Gasteiger partial charge in [-0.2, -0.15) is 0 Å². The molecule has 1 aromatic carbocycles. The molecule has 0 fully saturated rings. The summed E-state index contributed by atoms with van der Waals surface area (Å²) >= 11 is 5.95. The number of benzene rings is 1. The zero-order chi connectivity index (χ0) is 14.5. The fourth-order valence-electron chi connectivity index (χ4n) is 1.62. The normalized spacial score (nSPS) is 10.2. The second-order valence-electron chi connectivity index (χ2n) is 4.19. The predicted octanol–water partition coefficient (Wildman–Crippen LogP) is 2.23. The number of nitrogens with two attached hydrogens (primary N) is 1. The third kappa shape index (κ3) is 3.46. The molecule has 1 amide bonds. The molecule has 2 aromatic rings. The van der Waals surface area contributed by atoms with Crippen LogP contribution in [-0.2, 0) is 6.61 Å². The molecular formula is C14H14ClN3O2. The van der Waals surface area contributed by atoms with E-state index in [9.17, 15) is 4.79 Å². The van der Waals surface area contributed by atoms with Crippen LogP contribution in [0.5, 0.6) is 5.75 Å². The van der Waals surface area contributed by atoms with E-state index in [1.54, 1.807) is 30.3 Å². The molecule has 0 unspecified atom stereocenters. The molecule has 0 aliphatic rings. The van der Waals surface area contributed by atoms with Gasteiger partial charge in [0, 0.05) is 5.02 Å². The average molecular weight is 292 g/mol. The molecule has 1 aromatic heterocycles. The van der Waals surface area contributed by atoms with Gasteiger partial charge in [0.1, 0.15) is 18.1 Å². The zero-order valence-corrected chi connectivity index (χ0v) is 11.6. The fourth-order valence-corrected chi connectivity index (χ4v) is 1.74. The van der Waals surface area contributed by atoms with E-state index >= 15 is 0 Å². The minimum atomic E-state index is -0.436. The maximum Gasteiger partial charge on any atom is 0.283 e. The zero-order valence-electron chi connectivity index (χ0n) is 10.9. The van der Waals surface area contributed by atoms with Crippen molar-refractivity contribution in [2.45, 2.75) is 13.5 Å². The van der Waals surface area contributed by atoms with Gasteiger partial charge in [-0.05, 0) is 42.8 Å². The van der Waals surface area contributed by atoms with Gasteiger partial charge < -0.3 is 4.74 Å². The number of aromatic nitrogens is 1. The highest BCUT2D eigenvalue weighted by Crippen LogP contribution is 2.21. The number of carbonyl (C=O) groups excluding carboxylic acids is 1. The van der Waals surface area contributed by atoms with Gasteiger partial charge in [-0.15, -0.1) is 0 Å². The number of aryl methyl sites for hydroxylation is 1. The van der Waals surface area contributed by atoms with Gasteiger partial charge in [0.15, 0.2) is 0 Å². The maximum absolute atomic E-state index is 11.4. The second-order valence-corrected chi connectivity index (χ2v) is 4.59. The van der Waals surface area contributed by atoms with Crippen LogP contribution in [0.1, 0.15) is 21.7 Å². The molecule has 0 aliphatic carbocycles. The van der Waals surface area contributed by atoms with Gasteiger partial charge >= 0.3 is 0 Å². The Morgan fingerprint density at radius 2 is 2.20 bits per heavy atom. The number of rotatable bonds is 4. The molecule has 0 saturated heterocycles. The Labute approximate surface area is 121 Å². The Morgan fingerprint density at radius 3 is 2.90 bits per heavy atom. The number of amides is 1. The molecule has 0 saturated carbocycles. The van der Waals surface area contributed by atoms with Crippen LogP contribution in [0.4, 0.5) is 0 Å². The Bertz CT molecular complexity index is 632. The molecule has 2 rings (SSSR count). The summed E-state index contributed by atoms with van der Waals surface area (Å²) in [5, 5.41) is 0.692. The molecule has 5 nitrogen and oxygen atoms in total. The molecule has 0 aliphatic heterocycles. The number of nitrogen functional groups attached to an aromatic ring is 1. The van der Waals surface area contributed by atoms with Gasteiger partial charge in [0.2, 0.25) is 0 Å². The summed E-state index contributed by atoms with van der Waals surface area (Å²) in [7, 11) is 0. The molecular weight excluding hydrogens is 278 g/mol. The van der Waals surface area contributed by atoms with Crippen LogP contribution in [0, 0.1) is 6.92 Å². The van der Waals surface area contributed by atoms with Crippen molar-refractivity contribution in [3.8, 4) is 5.75 Å². The van der Waals surface area contributed by atoms with E-state index in [0.29, 0.717) is 16.5 Å². The first-order valence-corrected chi connectivity index (χ1v) is 6.34. The SMILES string of the molecule is Cc1cc(OCc2cccc(C(=O)NN)n2)ccc1Cl. The van der Waals surface area contributed by atoms with E-state index in [1.807, 2.05) is 18.4 Å². The van der Waals surface area contributed by atoms with Gasteiger partial charge in [-0.3, -0.25) is 10.2 Å². The molecule has 0 bridgehead atoms. The lowest BCUT2D eigenvalue weighted by Crippen LogP contribution is -2.30.